The minimum Gasteiger partial charge on any atom is -0.310 e. The lowest BCUT2D eigenvalue weighted by Gasteiger charge is -2.20. The highest BCUT2D eigenvalue weighted by Crippen LogP contribution is 2.29. The maximum atomic E-state index is 6.13. The summed E-state index contributed by atoms with van der Waals surface area (Å²) in [6, 6.07) is 16.9. The van der Waals surface area contributed by atoms with E-state index in [-0.39, 0.29) is 0 Å². The fraction of sp³-hybridized carbons (Fsp3) is 0.294. The van der Waals surface area contributed by atoms with Gasteiger partial charge in [-0.1, -0.05) is 64.8 Å². The third-order valence-corrected chi connectivity index (χ3v) is 4.31. The molecule has 0 spiro atoms. The lowest BCUT2D eigenvalue weighted by atomic mass is 9.99. The van der Waals surface area contributed by atoms with E-state index in [9.17, 15) is 0 Å². The van der Waals surface area contributed by atoms with E-state index < -0.39 is 0 Å². The van der Waals surface area contributed by atoms with Gasteiger partial charge in [-0.15, -0.1) is 0 Å². The highest BCUT2D eigenvalue weighted by Gasteiger charge is 2.14. The third kappa shape index (κ3) is 4.34. The molecule has 0 aromatic heterocycles. The van der Waals surface area contributed by atoms with E-state index in [1.165, 1.54) is 11.1 Å². The predicted molar refractivity (Wildman–Crippen MR) is 90.3 cm³/mol. The van der Waals surface area contributed by atoms with Gasteiger partial charge in [0.25, 0.3) is 0 Å². The molecule has 1 N–H and O–H groups in total. The number of hydrogen-bond donors (Lipinski definition) is 1. The lowest BCUT2D eigenvalue weighted by Crippen LogP contribution is -2.22. The van der Waals surface area contributed by atoms with Gasteiger partial charge < -0.3 is 5.32 Å². The molecule has 20 heavy (non-hydrogen) atoms. The molecule has 0 bridgehead atoms. The topological polar surface area (TPSA) is 12.0 Å². The average molecular weight is 353 g/mol. The molecule has 1 unspecified atom stereocenters. The van der Waals surface area contributed by atoms with Gasteiger partial charge in [0.15, 0.2) is 0 Å². The normalized spacial score (nSPS) is 12.3. The van der Waals surface area contributed by atoms with Crippen molar-refractivity contribution in [2.45, 2.75) is 25.8 Å². The largest absolute Gasteiger partial charge is 0.310 e. The monoisotopic (exact) mass is 351 g/mol. The van der Waals surface area contributed by atoms with Gasteiger partial charge in [0.1, 0.15) is 0 Å². The molecule has 0 heterocycles. The molecule has 0 saturated carbocycles. The standard InChI is InChI=1S/C17H19BrClN/c1-2-20-17(11-8-13-6-4-3-5-7-13)15-12-14(19)9-10-16(15)18/h3-7,9-10,12,17,20H,2,8,11H2,1H3. The first-order chi connectivity index (χ1) is 9.70. The summed E-state index contributed by atoms with van der Waals surface area (Å²) < 4.78 is 1.11. The fourth-order valence-electron chi connectivity index (χ4n) is 2.35. The van der Waals surface area contributed by atoms with Crippen LogP contribution in [0.25, 0.3) is 0 Å². The van der Waals surface area contributed by atoms with Gasteiger partial charge in [-0.3, -0.25) is 0 Å². The van der Waals surface area contributed by atoms with Crippen LogP contribution in [-0.4, -0.2) is 6.54 Å². The van der Waals surface area contributed by atoms with Crippen LogP contribution in [0.2, 0.25) is 5.02 Å². The molecule has 0 radical (unpaired) electrons. The number of rotatable bonds is 6. The van der Waals surface area contributed by atoms with Crippen molar-refractivity contribution in [1.29, 1.82) is 0 Å². The summed E-state index contributed by atoms with van der Waals surface area (Å²) in [6.45, 7) is 3.08. The van der Waals surface area contributed by atoms with Gasteiger partial charge in [-0.05, 0) is 48.7 Å². The van der Waals surface area contributed by atoms with Gasteiger partial charge in [-0.2, -0.15) is 0 Å². The number of benzene rings is 2. The third-order valence-electron chi connectivity index (χ3n) is 3.35. The van der Waals surface area contributed by atoms with Crippen LogP contribution in [0.4, 0.5) is 0 Å². The minimum absolute atomic E-state index is 0.313. The van der Waals surface area contributed by atoms with Crippen molar-refractivity contribution >= 4 is 27.5 Å². The molecule has 2 aromatic rings. The fourth-order valence-corrected chi connectivity index (χ4v) is 3.05. The summed E-state index contributed by atoms with van der Waals surface area (Å²) in [4.78, 5) is 0. The van der Waals surface area contributed by atoms with E-state index in [0.29, 0.717) is 6.04 Å². The summed E-state index contributed by atoms with van der Waals surface area (Å²) in [5.74, 6) is 0. The average Bonchev–Trinajstić information content (AvgIpc) is 2.47. The summed E-state index contributed by atoms with van der Waals surface area (Å²) in [5, 5.41) is 4.33. The SMILES string of the molecule is CCNC(CCc1ccccc1)c1cc(Cl)ccc1Br. The minimum atomic E-state index is 0.313. The molecule has 3 heteroatoms. The van der Waals surface area contributed by atoms with Crippen molar-refractivity contribution in [2.24, 2.45) is 0 Å². The van der Waals surface area contributed by atoms with Crippen molar-refractivity contribution in [3.63, 3.8) is 0 Å². The molecule has 0 saturated heterocycles. The first kappa shape index (κ1) is 15.6. The molecule has 0 amide bonds. The van der Waals surface area contributed by atoms with Crippen molar-refractivity contribution in [3.05, 3.63) is 69.2 Å². The van der Waals surface area contributed by atoms with E-state index in [0.717, 1.165) is 28.9 Å². The Labute approximate surface area is 134 Å². The van der Waals surface area contributed by atoms with Crippen LogP contribution in [0.1, 0.15) is 30.5 Å². The number of nitrogens with one attached hydrogen (secondary N) is 1. The second kappa shape index (κ2) is 7.82. The molecular formula is C17H19BrClN. The van der Waals surface area contributed by atoms with Gasteiger partial charge in [0.05, 0.1) is 0 Å². The van der Waals surface area contributed by atoms with Crippen LogP contribution in [0.15, 0.2) is 53.0 Å². The van der Waals surface area contributed by atoms with Crippen molar-refractivity contribution in [3.8, 4) is 0 Å². The summed E-state index contributed by atoms with van der Waals surface area (Å²) >= 11 is 9.76. The number of aryl methyl sites for hydroxylation is 1. The molecule has 0 aliphatic heterocycles. The molecule has 0 aliphatic carbocycles. The Hall–Kier alpha value is -0.830. The van der Waals surface area contributed by atoms with Crippen LogP contribution >= 0.6 is 27.5 Å². The second-order valence-electron chi connectivity index (χ2n) is 4.80. The summed E-state index contributed by atoms with van der Waals surface area (Å²) in [5.41, 5.74) is 2.60. The maximum Gasteiger partial charge on any atom is 0.0410 e. The second-order valence-corrected chi connectivity index (χ2v) is 6.09. The summed E-state index contributed by atoms with van der Waals surface area (Å²) in [6.07, 6.45) is 2.11. The van der Waals surface area contributed by atoms with Crippen LogP contribution in [0, 0.1) is 0 Å². The highest BCUT2D eigenvalue weighted by molar-refractivity contribution is 9.10. The Morgan fingerprint density at radius 1 is 1.15 bits per heavy atom. The molecular weight excluding hydrogens is 334 g/mol. The Kier molecular flexibility index (Phi) is 6.08. The molecule has 2 aromatic carbocycles. The van der Waals surface area contributed by atoms with E-state index in [2.05, 4.69) is 58.5 Å². The van der Waals surface area contributed by atoms with Gasteiger partial charge in [0, 0.05) is 15.5 Å². The first-order valence-corrected chi connectivity index (χ1v) is 8.10. The maximum absolute atomic E-state index is 6.13. The Morgan fingerprint density at radius 3 is 2.60 bits per heavy atom. The summed E-state index contributed by atoms with van der Waals surface area (Å²) in [7, 11) is 0. The van der Waals surface area contributed by atoms with Crippen LogP contribution in [-0.2, 0) is 6.42 Å². The molecule has 2 rings (SSSR count). The highest BCUT2D eigenvalue weighted by atomic mass is 79.9. The van der Waals surface area contributed by atoms with Crippen LogP contribution in [0.5, 0.6) is 0 Å². The van der Waals surface area contributed by atoms with Crippen LogP contribution in [0.3, 0.4) is 0 Å². The number of halogens is 2. The lowest BCUT2D eigenvalue weighted by molar-refractivity contribution is 0.514. The zero-order chi connectivity index (χ0) is 14.4. The van der Waals surface area contributed by atoms with Gasteiger partial charge in [0.2, 0.25) is 0 Å². The zero-order valence-electron chi connectivity index (χ0n) is 11.6. The molecule has 0 aliphatic rings. The molecule has 1 nitrogen and oxygen atoms in total. The van der Waals surface area contributed by atoms with E-state index >= 15 is 0 Å². The van der Waals surface area contributed by atoms with Crippen LogP contribution < -0.4 is 5.32 Å². The molecule has 0 fully saturated rings. The quantitative estimate of drug-likeness (QED) is 0.735. The molecule has 1 atom stereocenters. The van der Waals surface area contributed by atoms with E-state index in [1.807, 2.05) is 18.2 Å². The first-order valence-electron chi connectivity index (χ1n) is 6.93. The Morgan fingerprint density at radius 2 is 1.90 bits per heavy atom. The van der Waals surface area contributed by atoms with Gasteiger partial charge >= 0.3 is 0 Å². The van der Waals surface area contributed by atoms with Gasteiger partial charge in [-0.25, -0.2) is 0 Å². The van der Waals surface area contributed by atoms with Crippen molar-refractivity contribution in [1.82, 2.24) is 5.32 Å². The number of hydrogen-bond acceptors (Lipinski definition) is 1. The Balaban J connectivity index is 2.12. The Bertz CT molecular complexity index is 542. The zero-order valence-corrected chi connectivity index (χ0v) is 13.9. The molecule has 106 valence electrons. The van der Waals surface area contributed by atoms with E-state index in [1.54, 1.807) is 0 Å². The van der Waals surface area contributed by atoms with E-state index in [4.69, 9.17) is 11.6 Å². The smallest absolute Gasteiger partial charge is 0.0410 e. The van der Waals surface area contributed by atoms with Crippen molar-refractivity contribution < 1.29 is 0 Å². The van der Waals surface area contributed by atoms with Crippen molar-refractivity contribution in [2.75, 3.05) is 6.54 Å². The predicted octanol–water partition coefficient (Wildman–Crippen LogP) is 5.39.